The average Bonchev–Trinajstić information content (AvgIpc) is 3.68. The van der Waals surface area contributed by atoms with Gasteiger partial charge in [-0.2, -0.15) is 0 Å². The Bertz CT molecular complexity index is 1890. The molecule has 3 N–H and O–H groups in total. The van der Waals surface area contributed by atoms with Gasteiger partial charge in [-0.05, 0) is 68.7 Å². The maximum absolute atomic E-state index is 17.1. The Morgan fingerprint density at radius 2 is 2.00 bits per heavy atom. The number of nitrogens with one attached hydrogen (secondary N) is 2. The van der Waals surface area contributed by atoms with E-state index in [4.69, 9.17) is 11.2 Å². The molecule has 0 saturated carbocycles. The number of nitrogens with zero attached hydrogens (tertiary/aromatic N) is 3. The van der Waals surface area contributed by atoms with E-state index in [1.54, 1.807) is 0 Å². The minimum absolute atomic E-state index is 0.00912. The van der Waals surface area contributed by atoms with Gasteiger partial charge in [0, 0.05) is 54.1 Å². The van der Waals surface area contributed by atoms with E-state index in [1.165, 1.54) is 18.2 Å². The Morgan fingerprint density at radius 1 is 1.15 bits per heavy atom. The Hall–Kier alpha value is -4.14. The van der Waals surface area contributed by atoms with Gasteiger partial charge in [-0.1, -0.05) is 12.0 Å². The molecule has 4 saturated heterocycles. The molecule has 11 heteroatoms. The minimum Gasteiger partial charge on any atom is -0.508 e. The highest BCUT2D eigenvalue weighted by Crippen LogP contribution is 2.46. The van der Waals surface area contributed by atoms with E-state index in [-0.39, 0.29) is 76.1 Å². The lowest BCUT2D eigenvalue weighted by molar-refractivity contribution is 0.111. The van der Waals surface area contributed by atoms with E-state index in [1.807, 2.05) is 4.90 Å². The number of benzene rings is 3. The highest BCUT2D eigenvalue weighted by atomic mass is 19.1. The number of hydrogen-bond acceptors (Lipinski definition) is 6. The lowest BCUT2D eigenvalue weighted by atomic mass is 9.88. The molecule has 5 atom stereocenters. The number of phenolic OH excluding ortho intramolecular Hbond substituents is 1. The zero-order valence-electron chi connectivity index (χ0n) is 25.8. The lowest BCUT2D eigenvalue weighted by Crippen LogP contribution is -2.59. The number of hydrogen-bond donors (Lipinski definition) is 3. The molecule has 3 aromatic carbocycles. The minimum atomic E-state index is -1.08. The number of aliphatic imine (C=N–C) groups is 1. The van der Waals surface area contributed by atoms with Crippen LogP contribution in [0.2, 0.25) is 0 Å². The SMILES string of the molecule is C#Cc1c(F)ccc2cc(O)cc(-c3c(F)c4c(c(N=COC[C@@]56CCCN5C[C@H](F)C6)c3F)C(=N)N3C[C@H]5CC[C@H](N5)[C@H]3CC4)c12. The van der Waals surface area contributed by atoms with E-state index < -0.39 is 34.7 Å². The third kappa shape index (κ3) is 4.71. The van der Waals surface area contributed by atoms with Crippen molar-refractivity contribution >= 4 is 28.7 Å². The van der Waals surface area contributed by atoms with Crippen molar-refractivity contribution in [2.45, 2.75) is 74.8 Å². The van der Waals surface area contributed by atoms with Crippen LogP contribution >= 0.6 is 0 Å². The molecular formula is C36H35F4N5O2. The summed E-state index contributed by atoms with van der Waals surface area (Å²) in [6.45, 7) is 1.84. The summed E-state index contributed by atoms with van der Waals surface area (Å²) in [5.41, 5.74) is -1.37. The number of phenols is 1. The molecule has 0 amide bonds. The third-order valence-electron chi connectivity index (χ3n) is 11.1. The highest BCUT2D eigenvalue weighted by molar-refractivity contribution is 6.07. The molecule has 0 aromatic heterocycles. The van der Waals surface area contributed by atoms with Crippen molar-refractivity contribution in [2.75, 3.05) is 26.2 Å². The van der Waals surface area contributed by atoms with Crippen LogP contribution in [0.15, 0.2) is 29.3 Å². The number of ether oxygens (including phenoxy) is 1. The molecule has 5 heterocycles. The number of piperazine rings is 1. The van der Waals surface area contributed by atoms with E-state index in [2.05, 4.69) is 21.1 Å². The Labute approximate surface area is 270 Å². The molecule has 5 aliphatic rings. The number of fused-ring (bicyclic) bond motifs is 7. The van der Waals surface area contributed by atoms with Crippen LogP contribution in [0.25, 0.3) is 21.9 Å². The van der Waals surface area contributed by atoms with E-state index in [9.17, 15) is 19.3 Å². The van der Waals surface area contributed by atoms with Gasteiger partial charge >= 0.3 is 0 Å². The van der Waals surface area contributed by atoms with Crippen LogP contribution in [-0.4, -0.2) is 83.2 Å². The van der Waals surface area contributed by atoms with Crippen molar-refractivity contribution in [1.29, 1.82) is 5.41 Å². The van der Waals surface area contributed by atoms with E-state index >= 15 is 8.78 Å². The second kappa shape index (κ2) is 11.2. The highest BCUT2D eigenvalue weighted by Gasteiger charge is 2.49. The van der Waals surface area contributed by atoms with Crippen molar-refractivity contribution in [3.8, 4) is 29.2 Å². The number of halogens is 4. The zero-order chi connectivity index (χ0) is 32.6. The Morgan fingerprint density at radius 3 is 2.83 bits per heavy atom. The third-order valence-corrected chi connectivity index (χ3v) is 11.1. The smallest absolute Gasteiger partial charge is 0.174 e. The lowest BCUT2D eigenvalue weighted by Gasteiger charge is -2.41. The van der Waals surface area contributed by atoms with Crippen LogP contribution in [0, 0.1) is 35.2 Å². The molecule has 47 heavy (non-hydrogen) atoms. The molecule has 5 aliphatic heterocycles. The first-order valence-electron chi connectivity index (χ1n) is 16.3. The van der Waals surface area contributed by atoms with Crippen LogP contribution in [0.5, 0.6) is 5.75 Å². The summed E-state index contributed by atoms with van der Waals surface area (Å²) < 4.78 is 69.2. The van der Waals surface area contributed by atoms with Gasteiger partial charge in [0.25, 0.3) is 0 Å². The quantitative estimate of drug-likeness (QED) is 0.139. The van der Waals surface area contributed by atoms with E-state index in [0.717, 1.165) is 44.7 Å². The number of aromatic hydroxyl groups is 1. The van der Waals surface area contributed by atoms with Crippen LogP contribution in [0.4, 0.5) is 23.2 Å². The van der Waals surface area contributed by atoms with Crippen molar-refractivity contribution in [3.63, 3.8) is 0 Å². The van der Waals surface area contributed by atoms with Gasteiger partial charge in [0.2, 0.25) is 0 Å². The summed E-state index contributed by atoms with van der Waals surface area (Å²) in [5.74, 6) is -0.696. The summed E-state index contributed by atoms with van der Waals surface area (Å²) in [7, 11) is 0. The largest absolute Gasteiger partial charge is 0.508 e. The zero-order valence-corrected chi connectivity index (χ0v) is 25.8. The van der Waals surface area contributed by atoms with Crippen molar-refractivity contribution in [2.24, 2.45) is 4.99 Å². The molecule has 7 nitrogen and oxygen atoms in total. The predicted octanol–water partition coefficient (Wildman–Crippen LogP) is 5.94. The first kappa shape index (κ1) is 30.2. The second-order valence-electron chi connectivity index (χ2n) is 13.6. The number of alkyl halides is 1. The fourth-order valence-electron chi connectivity index (χ4n) is 9.01. The number of terminal acetylenes is 1. The Balaban J connectivity index is 1.29. The molecule has 0 aliphatic carbocycles. The maximum atomic E-state index is 17.1. The van der Waals surface area contributed by atoms with Crippen molar-refractivity contribution < 1.29 is 27.4 Å². The summed E-state index contributed by atoms with van der Waals surface area (Å²) in [6.07, 6.45) is 10.5. The molecule has 0 spiro atoms. The van der Waals surface area contributed by atoms with Crippen molar-refractivity contribution in [1.82, 2.24) is 15.1 Å². The first-order valence-corrected chi connectivity index (χ1v) is 16.3. The molecule has 3 aromatic rings. The standard InChI is InChI=1S/C36H35F4N5O2/c1-2-23-26(38)7-4-19-12-22(46)13-25(29(19)23)30-32(39)24-6-9-28-27-8-5-21(43-27)16-45(28)35(41)31(24)34(33(30)40)42-18-47-17-36-10-3-11-44(36)15-20(37)14-36/h1,4,7,12-13,18,20-21,27-28,41,43,46H,3,5-6,8-11,14-17H2/t20-,21-,27+,28-,36+/m1/s1. The molecular weight excluding hydrogens is 610 g/mol. The van der Waals surface area contributed by atoms with E-state index in [0.29, 0.717) is 31.3 Å². The topological polar surface area (TPSA) is 84.2 Å². The number of rotatable bonds is 5. The fourth-order valence-corrected chi connectivity index (χ4v) is 9.01. The first-order chi connectivity index (χ1) is 22.7. The summed E-state index contributed by atoms with van der Waals surface area (Å²) in [6, 6.07) is 5.30. The van der Waals surface area contributed by atoms with Gasteiger partial charge in [0.1, 0.15) is 41.7 Å². The molecule has 8 rings (SSSR count). The Kier molecular flexibility index (Phi) is 7.22. The molecule has 0 radical (unpaired) electrons. The number of amidine groups is 1. The summed E-state index contributed by atoms with van der Waals surface area (Å²) >= 11 is 0. The van der Waals surface area contributed by atoms with Crippen LogP contribution in [-0.2, 0) is 11.2 Å². The van der Waals surface area contributed by atoms with Gasteiger partial charge in [0.05, 0.1) is 22.2 Å². The van der Waals surface area contributed by atoms with Gasteiger partial charge in [-0.15, -0.1) is 6.42 Å². The van der Waals surface area contributed by atoms with Gasteiger partial charge < -0.3 is 20.1 Å². The fraction of sp³-hybridized carbons (Fsp3) is 0.444. The van der Waals surface area contributed by atoms with Crippen LogP contribution < -0.4 is 5.32 Å². The van der Waals surface area contributed by atoms with Gasteiger partial charge in [0.15, 0.2) is 12.2 Å². The van der Waals surface area contributed by atoms with Gasteiger partial charge in [-0.25, -0.2) is 22.6 Å². The predicted molar refractivity (Wildman–Crippen MR) is 172 cm³/mol. The molecule has 244 valence electrons. The average molecular weight is 646 g/mol. The molecule has 0 unspecified atom stereocenters. The van der Waals surface area contributed by atoms with Crippen LogP contribution in [0.3, 0.4) is 0 Å². The van der Waals surface area contributed by atoms with Gasteiger partial charge in [-0.3, -0.25) is 10.3 Å². The maximum Gasteiger partial charge on any atom is 0.174 e. The summed E-state index contributed by atoms with van der Waals surface area (Å²) in [5, 5.41) is 24.0. The second-order valence-corrected chi connectivity index (χ2v) is 13.6. The summed E-state index contributed by atoms with van der Waals surface area (Å²) in [4.78, 5) is 8.46. The van der Waals surface area contributed by atoms with Crippen LogP contribution in [0.1, 0.15) is 55.2 Å². The monoisotopic (exact) mass is 645 g/mol. The van der Waals surface area contributed by atoms with Crippen molar-refractivity contribution in [3.05, 3.63) is 58.4 Å². The molecule has 4 fully saturated rings. The normalized spacial score (nSPS) is 28.4. The molecule has 2 bridgehead atoms.